The fraction of sp³-hybridized carbons (Fsp3) is 0.143. The topological polar surface area (TPSA) is 9.23 Å². The minimum absolute atomic E-state index is 0.122. The van der Waals surface area contributed by atoms with E-state index < -0.39 is 0 Å². The van der Waals surface area contributed by atoms with Gasteiger partial charge in [0, 0.05) is 0 Å². The second-order valence-corrected chi connectivity index (χ2v) is 4.30. The van der Waals surface area contributed by atoms with Gasteiger partial charge in [0.15, 0.2) is 0 Å². The summed E-state index contributed by atoms with van der Waals surface area (Å²) >= 11 is 0. The summed E-state index contributed by atoms with van der Waals surface area (Å²) in [5.74, 6) is 0. The van der Waals surface area contributed by atoms with Crippen LogP contribution < -0.4 is 10.9 Å². The Labute approximate surface area is 96.2 Å². The molecule has 2 aromatic carbocycles. The number of hydrogen-bond donors (Lipinski definition) is 0. The molecule has 0 N–H and O–H groups in total. The van der Waals surface area contributed by atoms with Crippen LogP contribution in [0.15, 0.2) is 48.5 Å². The summed E-state index contributed by atoms with van der Waals surface area (Å²) in [5.41, 5.74) is 5.19. The van der Waals surface area contributed by atoms with Crippen molar-refractivity contribution in [2.75, 3.05) is 0 Å². The fourth-order valence-electron chi connectivity index (χ4n) is 2.28. The lowest BCUT2D eigenvalue weighted by molar-refractivity contribution is 0.337. The Hall–Kier alpha value is -1.54. The first kappa shape index (κ1) is 9.67. The summed E-state index contributed by atoms with van der Waals surface area (Å²) in [6, 6.07) is 17.0. The van der Waals surface area contributed by atoms with Crippen LogP contribution in [0.5, 0.6) is 0 Å². The lowest BCUT2D eigenvalue weighted by atomic mass is 9.56. The maximum atomic E-state index is 5.86. The lowest BCUT2D eigenvalue weighted by Crippen LogP contribution is -2.40. The molecule has 0 unspecified atom stereocenters. The fourth-order valence-corrected chi connectivity index (χ4v) is 2.28. The van der Waals surface area contributed by atoms with Gasteiger partial charge in [-0.1, -0.05) is 54.1 Å². The van der Waals surface area contributed by atoms with E-state index in [2.05, 4.69) is 49.4 Å². The molecule has 0 saturated carbocycles. The molecule has 0 spiro atoms. The second-order valence-electron chi connectivity index (χ2n) is 4.30. The molecule has 1 aliphatic rings. The van der Waals surface area contributed by atoms with Crippen molar-refractivity contribution in [1.82, 2.24) is 0 Å². The van der Waals surface area contributed by atoms with E-state index in [0.717, 1.165) is 6.61 Å². The molecule has 1 aliphatic heterocycles. The minimum Gasteiger partial charge on any atom is -0.423 e. The summed E-state index contributed by atoms with van der Waals surface area (Å²) in [6.07, 6.45) is 0. The van der Waals surface area contributed by atoms with E-state index in [1.807, 2.05) is 6.07 Å². The van der Waals surface area contributed by atoms with E-state index in [0.29, 0.717) is 0 Å². The molecule has 0 aromatic heterocycles. The first-order chi connectivity index (χ1) is 7.84. The lowest BCUT2D eigenvalue weighted by Gasteiger charge is -2.06. The predicted molar refractivity (Wildman–Crippen MR) is 67.4 cm³/mol. The minimum atomic E-state index is 0.122. The van der Waals surface area contributed by atoms with Gasteiger partial charge in [-0.25, -0.2) is 0 Å². The van der Waals surface area contributed by atoms with Crippen LogP contribution >= 0.6 is 0 Å². The Morgan fingerprint density at radius 3 is 2.69 bits per heavy atom. The normalized spacial score (nSPS) is 13.9. The molecule has 0 saturated heterocycles. The summed E-state index contributed by atoms with van der Waals surface area (Å²) in [4.78, 5) is 0. The highest BCUT2D eigenvalue weighted by atomic mass is 16.4. The van der Waals surface area contributed by atoms with Crippen molar-refractivity contribution in [2.24, 2.45) is 0 Å². The molecule has 0 atom stereocenters. The van der Waals surface area contributed by atoms with Gasteiger partial charge < -0.3 is 4.65 Å². The molecule has 0 fully saturated rings. The van der Waals surface area contributed by atoms with Crippen molar-refractivity contribution >= 4 is 17.8 Å². The number of benzene rings is 2. The standard InChI is InChI=1S/C14H13BO/c1-11-7-8-14-12(9-11)10-16-15(14)13-5-3-2-4-6-13/h2-9H,10H2,1H3. The highest BCUT2D eigenvalue weighted by molar-refractivity contribution is 6.81. The van der Waals surface area contributed by atoms with E-state index in [9.17, 15) is 0 Å². The van der Waals surface area contributed by atoms with Crippen molar-refractivity contribution in [1.29, 1.82) is 0 Å². The van der Waals surface area contributed by atoms with Crippen molar-refractivity contribution in [3.05, 3.63) is 59.7 Å². The van der Waals surface area contributed by atoms with E-state index in [1.165, 1.54) is 22.1 Å². The summed E-state index contributed by atoms with van der Waals surface area (Å²) < 4.78 is 5.86. The average Bonchev–Trinajstić information content (AvgIpc) is 2.73. The first-order valence-corrected chi connectivity index (χ1v) is 5.60. The number of fused-ring (bicyclic) bond motifs is 1. The van der Waals surface area contributed by atoms with E-state index in [-0.39, 0.29) is 6.92 Å². The number of rotatable bonds is 1. The average molecular weight is 208 g/mol. The summed E-state index contributed by atoms with van der Waals surface area (Å²) in [7, 11) is 0. The Bertz CT molecular complexity index is 507. The van der Waals surface area contributed by atoms with Gasteiger partial charge in [0.05, 0.1) is 6.61 Å². The second kappa shape index (κ2) is 3.80. The van der Waals surface area contributed by atoms with Crippen LogP contribution in [0, 0.1) is 6.92 Å². The van der Waals surface area contributed by atoms with Crippen LogP contribution in [0.4, 0.5) is 0 Å². The number of aryl methyl sites for hydroxylation is 1. The summed E-state index contributed by atoms with van der Waals surface area (Å²) in [5, 5.41) is 0. The molecule has 0 amide bonds. The molecular formula is C14H13BO. The molecule has 2 aromatic rings. The van der Waals surface area contributed by atoms with Crippen LogP contribution in [0.25, 0.3) is 0 Å². The third kappa shape index (κ3) is 1.55. The quantitative estimate of drug-likeness (QED) is 0.647. The van der Waals surface area contributed by atoms with Gasteiger partial charge in [0.25, 0.3) is 0 Å². The molecule has 1 heterocycles. The van der Waals surface area contributed by atoms with Crippen LogP contribution in [0.1, 0.15) is 11.1 Å². The SMILES string of the molecule is Cc1ccc2c(c1)COB2c1ccccc1. The first-order valence-electron chi connectivity index (χ1n) is 5.60. The Balaban J connectivity index is 2.04. The molecule has 3 rings (SSSR count). The molecule has 16 heavy (non-hydrogen) atoms. The maximum Gasteiger partial charge on any atom is 0.362 e. The van der Waals surface area contributed by atoms with Gasteiger partial charge in [-0.05, 0) is 23.4 Å². The van der Waals surface area contributed by atoms with Crippen LogP contribution in [0.3, 0.4) is 0 Å². The van der Waals surface area contributed by atoms with E-state index >= 15 is 0 Å². The number of hydrogen-bond acceptors (Lipinski definition) is 1. The van der Waals surface area contributed by atoms with E-state index in [4.69, 9.17) is 4.65 Å². The van der Waals surface area contributed by atoms with E-state index in [1.54, 1.807) is 0 Å². The smallest absolute Gasteiger partial charge is 0.362 e. The third-order valence-electron chi connectivity index (χ3n) is 3.09. The Morgan fingerprint density at radius 1 is 1.06 bits per heavy atom. The zero-order valence-electron chi connectivity index (χ0n) is 9.31. The molecule has 0 aliphatic carbocycles. The highest BCUT2D eigenvalue weighted by Gasteiger charge is 2.29. The Kier molecular flexibility index (Phi) is 2.30. The largest absolute Gasteiger partial charge is 0.423 e. The molecule has 0 radical (unpaired) electrons. The van der Waals surface area contributed by atoms with Gasteiger partial charge in [-0.3, -0.25) is 0 Å². The zero-order chi connectivity index (χ0) is 11.0. The van der Waals surface area contributed by atoms with Crippen LogP contribution in [-0.4, -0.2) is 6.92 Å². The zero-order valence-corrected chi connectivity index (χ0v) is 9.31. The van der Waals surface area contributed by atoms with Gasteiger partial charge in [-0.15, -0.1) is 0 Å². The van der Waals surface area contributed by atoms with Gasteiger partial charge in [0.1, 0.15) is 0 Å². The van der Waals surface area contributed by atoms with Crippen LogP contribution in [0.2, 0.25) is 0 Å². The molecule has 0 bridgehead atoms. The molecule has 1 nitrogen and oxygen atoms in total. The Morgan fingerprint density at radius 2 is 1.88 bits per heavy atom. The monoisotopic (exact) mass is 208 g/mol. The van der Waals surface area contributed by atoms with Crippen molar-refractivity contribution in [3.8, 4) is 0 Å². The third-order valence-corrected chi connectivity index (χ3v) is 3.09. The van der Waals surface area contributed by atoms with Crippen molar-refractivity contribution in [3.63, 3.8) is 0 Å². The highest BCUT2D eigenvalue weighted by Crippen LogP contribution is 2.12. The molecular weight excluding hydrogens is 195 g/mol. The van der Waals surface area contributed by atoms with Crippen LogP contribution in [-0.2, 0) is 11.3 Å². The van der Waals surface area contributed by atoms with Gasteiger partial charge in [-0.2, -0.15) is 0 Å². The summed E-state index contributed by atoms with van der Waals surface area (Å²) in [6.45, 7) is 2.98. The van der Waals surface area contributed by atoms with Gasteiger partial charge in [0.2, 0.25) is 0 Å². The molecule has 2 heteroatoms. The maximum absolute atomic E-state index is 5.86. The molecule has 78 valence electrons. The van der Waals surface area contributed by atoms with Crippen molar-refractivity contribution < 1.29 is 4.65 Å². The van der Waals surface area contributed by atoms with Gasteiger partial charge >= 0.3 is 6.92 Å². The van der Waals surface area contributed by atoms with Crippen molar-refractivity contribution in [2.45, 2.75) is 13.5 Å². The predicted octanol–water partition coefficient (Wildman–Crippen LogP) is 1.63.